The molecule has 2 rings (SSSR count). The molecule has 0 aliphatic carbocycles. The number of ether oxygens (including phenoxy) is 1. The molecule has 0 heterocycles. The summed E-state index contributed by atoms with van der Waals surface area (Å²) in [5, 5.41) is 0.482. The summed E-state index contributed by atoms with van der Waals surface area (Å²) in [6.45, 7) is 1.71. The first kappa shape index (κ1) is 14.1. The molecular weight excluding hydrogens is 328 g/mol. The second kappa shape index (κ2) is 6.22. The van der Waals surface area contributed by atoms with E-state index in [4.69, 9.17) is 16.3 Å². The van der Waals surface area contributed by atoms with Crippen LogP contribution >= 0.6 is 27.5 Å². The van der Waals surface area contributed by atoms with E-state index >= 15 is 0 Å². The van der Waals surface area contributed by atoms with Crippen molar-refractivity contribution in [3.63, 3.8) is 0 Å². The number of Topliss-reactive ketones (excluding diaryl/α,β-unsaturated/α-hetero) is 1. The lowest BCUT2D eigenvalue weighted by Crippen LogP contribution is -2.23. The van der Waals surface area contributed by atoms with Crippen LogP contribution in [0.3, 0.4) is 0 Å². The average Bonchev–Trinajstić information content (AvgIpc) is 2.43. The fourth-order valence-electron chi connectivity index (χ4n) is 1.65. The number of rotatable bonds is 4. The van der Waals surface area contributed by atoms with Gasteiger partial charge in [-0.15, -0.1) is 0 Å². The van der Waals surface area contributed by atoms with Crippen LogP contribution in [0, 0.1) is 0 Å². The van der Waals surface area contributed by atoms with Crippen LogP contribution in [0.25, 0.3) is 0 Å². The van der Waals surface area contributed by atoms with Crippen LogP contribution in [0.4, 0.5) is 0 Å². The summed E-state index contributed by atoms with van der Waals surface area (Å²) in [5.41, 5.74) is 0.626. The van der Waals surface area contributed by atoms with E-state index in [1.807, 2.05) is 24.3 Å². The summed E-state index contributed by atoms with van der Waals surface area (Å²) < 4.78 is 6.48. The first-order valence-electron chi connectivity index (χ1n) is 5.79. The predicted octanol–water partition coefficient (Wildman–Crippen LogP) is 4.75. The zero-order valence-electron chi connectivity index (χ0n) is 10.3. The number of hydrogen-bond donors (Lipinski definition) is 0. The molecule has 0 saturated heterocycles. The lowest BCUT2D eigenvalue weighted by molar-refractivity contribution is 0.0818. The Balaban J connectivity index is 2.15. The van der Waals surface area contributed by atoms with Gasteiger partial charge in [-0.25, -0.2) is 0 Å². The van der Waals surface area contributed by atoms with Crippen molar-refractivity contribution in [1.29, 1.82) is 0 Å². The van der Waals surface area contributed by atoms with Gasteiger partial charge in [0.15, 0.2) is 6.10 Å². The quantitative estimate of drug-likeness (QED) is 0.751. The van der Waals surface area contributed by atoms with E-state index in [0.29, 0.717) is 16.3 Å². The molecule has 19 heavy (non-hydrogen) atoms. The van der Waals surface area contributed by atoms with Gasteiger partial charge >= 0.3 is 0 Å². The van der Waals surface area contributed by atoms with E-state index in [1.54, 1.807) is 31.2 Å². The standard InChI is InChI=1S/C15H12BrClO2/c1-10(15(18)11-5-3-2-4-6-11)19-14-9-12(16)7-8-13(14)17/h2-10H,1H3. The number of carbonyl (C=O) groups is 1. The molecule has 2 aromatic carbocycles. The Bertz CT molecular complexity index is 584. The van der Waals surface area contributed by atoms with E-state index < -0.39 is 6.10 Å². The van der Waals surface area contributed by atoms with Crippen LogP contribution < -0.4 is 4.74 Å². The molecule has 0 N–H and O–H groups in total. The van der Waals surface area contributed by atoms with Crippen molar-refractivity contribution in [2.24, 2.45) is 0 Å². The van der Waals surface area contributed by atoms with Gasteiger partial charge in [0.1, 0.15) is 5.75 Å². The second-order valence-electron chi connectivity index (χ2n) is 4.07. The topological polar surface area (TPSA) is 26.3 Å². The van der Waals surface area contributed by atoms with E-state index in [9.17, 15) is 4.79 Å². The molecule has 0 saturated carbocycles. The number of halogens is 2. The molecule has 0 spiro atoms. The molecule has 0 aliphatic heterocycles. The first-order chi connectivity index (χ1) is 9.08. The van der Waals surface area contributed by atoms with Crippen molar-refractivity contribution in [2.45, 2.75) is 13.0 Å². The van der Waals surface area contributed by atoms with Crippen LogP contribution in [0.2, 0.25) is 5.02 Å². The number of benzene rings is 2. The highest BCUT2D eigenvalue weighted by Crippen LogP contribution is 2.29. The minimum atomic E-state index is -0.589. The van der Waals surface area contributed by atoms with Gasteiger partial charge < -0.3 is 4.74 Å². The van der Waals surface area contributed by atoms with Crippen molar-refractivity contribution in [3.8, 4) is 5.75 Å². The fourth-order valence-corrected chi connectivity index (χ4v) is 2.15. The van der Waals surface area contributed by atoms with Gasteiger partial charge in [-0.1, -0.05) is 57.9 Å². The minimum Gasteiger partial charge on any atom is -0.481 e. The van der Waals surface area contributed by atoms with E-state index in [2.05, 4.69) is 15.9 Å². The first-order valence-corrected chi connectivity index (χ1v) is 6.96. The predicted molar refractivity (Wildman–Crippen MR) is 80.0 cm³/mol. The molecule has 0 aromatic heterocycles. The zero-order chi connectivity index (χ0) is 13.8. The third-order valence-electron chi connectivity index (χ3n) is 2.62. The molecule has 98 valence electrons. The summed E-state index contributed by atoms with van der Waals surface area (Å²) >= 11 is 9.38. The van der Waals surface area contributed by atoms with Crippen LogP contribution in [0.1, 0.15) is 17.3 Å². The summed E-state index contributed by atoms with van der Waals surface area (Å²) in [6.07, 6.45) is -0.589. The molecule has 0 bridgehead atoms. The molecule has 0 radical (unpaired) electrons. The zero-order valence-corrected chi connectivity index (χ0v) is 12.6. The minimum absolute atomic E-state index is 0.0726. The SMILES string of the molecule is CC(Oc1cc(Br)ccc1Cl)C(=O)c1ccccc1. The maximum Gasteiger partial charge on any atom is 0.202 e. The Kier molecular flexibility index (Phi) is 4.61. The Morgan fingerprint density at radius 2 is 1.89 bits per heavy atom. The summed E-state index contributed by atoms with van der Waals surface area (Å²) in [5.74, 6) is 0.421. The highest BCUT2D eigenvalue weighted by molar-refractivity contribution is 9.10. The summed E-state index contributed by atoms with van der Waals surface area (Å²) in [4.78, 5) is 12.2. The van der Waals surface area contributed by atoms with Gasteiger partial charge in [-0.3, -0.25) is 4.79 Å². The molecule has 2 nitrogen and oxygen atoms in total. The van der Waals surface area contributed by atoms with Gasteiger partial charge in [0.05, 0.1) is 5.02 Å². The molecule has 0 aliphatic rings. The number of ketones is 1. The lowest BCUT2D eigenvalue weighted by atomic mass is 10.1. The second-order valence-corrected chi connectivity index (χ2v) is 5.39. The van der Waals surface area contributed by atoms with E-state index in [1.165, 1.54) is 0 Å². The summed E-state index contributed by atoms with van der Waals surface area (Å²) in [7, 11) is 0. The van der Waals surface area contributed by atoms with Crippen LogP contribution in [-0.4, -0.2) is 11.9 Å². The Hall–Kier alpha value is -1.32. The maximum atomic E-state index is 12.2. The van der Waals surface area contributed by atoms with Gasteiger partial charge in [-0.05, 0) is 25.1 Å². The average molecular weight is 340 g/mol. The van der Waals surface area contributed by atoms with Crippen LogP contribution in [-0.2, 0) is 0 Å². The third-order valence-corrected chi connectivity index (χ3v) is 3.43. The van der Waals surface area contributed by atoms with Crippen molar-refractivity contribution < 1.29 is 9.53 Å². The number of hydrogen-bond acceptors (Lipinski definition) is 2. The Morgan fingerprint density at radius 1 is 1.21 bits per heavy atom. The van der Waals surface area contributed by atoms with Crippen molar-refractivity contribution in [3.05, 3.63) is 63.6 Å². The third kappa shape index (κ3) is 3.58. The smallest absolute Gasteiger partial charge is 0.202 e. The Labute approximate surface area is 125 Å². The molecule has 4 heteroatoms. The van der Waals surface area contributed by atoms with Crippen molar-refractivity contribution >= 4 is 33.3 Å². The summed E-state index contributed by atoms with van der Waals surface area (Å²) in [6, 6.07) is 14.3. The fraction of sp³-hybridized carbons (Fsp3) is 0.133. The van der Waals surface area contributed by atoms with Gasteiger partial charge in [0.2, 0.25) is 5.78 Å². The molecule has 2 aromatic rings. The van der Waals surface area contributed by atoms with Crippen molar-refractivity contribution in [1.82, 2.24) is 0 Å². The maximum absolute atomic E-state index is 12.2. The van der Waals surface area contributed by atoms with Gasteiger partial charge in [0, 0.05) is 10.0 Å². The Morgan fingerprint density at radius 3 is 2.58 bits per heavy atom. The monoisotopic (exact) mass is 338 g/mol. The molecule has 0 amide bonds. The molecule has 1 atom stereocenters. The van der Waals surface area contributed by atoms with Gasteiger partial charge in [0.25, 0.3) is 0 Å². The lowest BCUT2D eigenvalue weighted by Gasteiger charge is -2.15. The highest BCUT2D eigenvalue weighted by atomic mass is 79.9. The van der Waals surface area contributed by atoms with E-state index in [-0.39, 0.29) is 5.78 Å². The molecule has 1 unspecified atom stereocenters. The molecular formula is C15H12BrClO2. The van der Waals surface area contributed by atoms with Crippen LogP contribution in [0.5, 0.6) is 5.75 Å². The molecule has 0 fully saturated rings. The van der Waals surface area contributed by atoms with Gasteiger partial charge in [-0.2, -0.15) is 0 Å². The van der Waals surface area contributed by atoms with Crippen LogP contribution in [0.15, 0.2) is 53.0 Å². The number of carbonyl (C=O) groups excluding carboxylic acids is 1. The largest absolute Gasteiger partial charge is 0.481 e. The normalized spacial score (nSPS) is 11.9. The highest BCUT2D eigenvalue weighted by Gasteiger charge is 2.17. The van der Waals surface area contributed by atoms with Crippen molar-refractivity contribution in [2.75, 3.05) is 0 Å². The van der Waals surface area contributed by atoms with E-state index in [0.717, 1.165) is 4.47 Å².